The minimum Gasteiger partial charge on any atom is -0.407 e. The van der Waals surface area contributed by atoms with Crippen molar-refractivity contribution < 1.29 is 32.2 Å². The first-order chi connectivity index (χ1) is 18.1. The summed E-state index contributed by atoms with van der Waals surface area (Å²) in [5, 5.41) is 8.18. The molecule has 12 heteroatoms. The topological polar surface area (TPSA) is 114 Å². The SMILES string of the molecule is Cc1ncc(OC(=O)N[C@@]2(C(=O)NCc3ccc(Nc4ccccc4C(F)(F)F)cc3)CCOC2)c(C)n1. The minimum absolute atomic E-state index is 0.0290. The first kappa shape index (κ1) is 26.9. The third kappa shape index (κ3) is 6.38. The van der Waals surface area contributed by atoms with Crippen LogP contribution in [-0.4, -0.2) is 40.7 Å². The van der Waals surface area contributed by atoms with E-state index < -0.39 is 29.3 Å². The van der Waals surface area contributed by atoms with Crippen LogP contribution in [-0.2, 0) is 22.3 Å². The number of aryl methyl sites for hydroxylation is 2. The number of rotatable bonds is 7. The molecule has 1 fully saturated rings. The third-order valence-electron chi connectivity index (χ3n) is 5.97. The Balaban J connectivity index is 1.36. The second-order valence-corrected chi connectivity index (χ2v) is 8.81. The van der Waals surface area contributed by atoms with E-state index in [1.807, 2.05) is 0 Å². The first-order valence-corrected chi connectivity index (χ1v) is 11.7. The van der Waals surface area contributed by atoms with Gasteiger partial charge < -0.3 is 25.4 Å². The number of nitrogens with zero attached hydrogens (tertiary/aromatic N) is 2. The van der Waals surface area contributed by atoms with Crippen molar-refractivity contribution in [2.24, 2.45) is 0 Å². The Morgan fingerprint density at radius 3 is 2.50 bits per heavy atom. The summed E-state index contributed by atoms with van der Waals surface area (Å²) in [6.07, 6.45) is -3.69. The fourth-order valence-corrected chi connectivity index (χ4v) is 3.94. The summed E-state index contributed by atoms with van der Waals surface area (Å²) in [6.45, 7) is 3.76. The Bertz CT molecular complexity index is 1310. The predicted molar refractivity (Wildman–Crippen MR) is 132 cm³/mol. The van der Waals surface area contributed by atoms with Gasteiger partial charge in [0.2, 0.25) is 5.91 Å². The van der Waals surface area contributed by atoms with Gasteiger partial charge >= 0.3 is 12.3 Å². The van der Waals surface area contributed by atoms with Crippen molar-refractivity contribution in [3.63, 3.8) is 0 Å². The van der Waals surface area contributed by atoms with Gasteiger partial charge in [0.1, 0.15) is 11.4 Å². The van der Waals surface area contributed by atoms with Gasteiger partial charge in [0.25, 0.3) is 0 Å². The van der Waals surface area contributed by atoms with Gasteiger partial charge in [0.15, 0.2) is 5.75 Å². The number of nitrogens with one attached hydrogen (secondary N) is 3. The van der Waals surface area contributed by atoms with E-state index in [0.29, 0.717) is 22.8 Å². The number of aromatic nitrogens is 2. The minimum atomic E-state index is -4.49. The number of hydrogen-bond acceptors (Lipinski definition) is 7. The van der Waals surface area contributed by atoms with Crippen LogP contribution >= 0.6 is 0 Å². The lowest BCUT2D eigenvalue weighted by molar-refractivity contribution is -0.137. The number of halogens is 3. The number of benzene rings is 2. The molecule has 38 heavy (non-hydrogen) atoms. The van der Waals surface area contributed by atoms with Crippen LogP contribution in [0.3, 0.4) is 0 Å². The van der Waals surface area contributed by atoms with Crippen LogP contribution in [0.25, 0.3) is 0 Å². The summed E-state index contributed by atoms with van der Waals surface area (Å²) in [7, 11) is 0. The Kier molecular flexibility index (Phi) is 7.81. The molecule has 9 nitrogen and oxygen atoms in total. The summed E-state index contributed by atoms with van der Waals surface area (Å²) < 4.78 is 50.4. The highest BCUT2D eigenvalue weighted by Crippen LogP contribution is 2.35. The summed E-state index contributed by atoms with van der Waals surface area (Å²) in [6, 6.07) is 11.8. The monoisotopic (exact) mass is 529 g/mol. The molecule has 1 aliphatic heterocycles. The highest BCUT2D eigenvalue weighted by atomic mass is 19.4. The van der Waals surface area contributed by atoms with Crippen LogP contribution in [0.5, 0.6) is 5.75 Å². The predicted octanol–water partition coefficient (Wildman–Crippen LogP) is 4.42. The zero-order valence-corrected chi connectivity index (χ0v) is 20.7. The van der Waals surface area contributed by atoms with E-state index in [2.05, 4.69) is 25.9 Å². The van der Waals surface area contributed by atoms with E-state index in [4.69, 9.17) is 9.47 Å². The zero-order valence-electron chi connectivity index (χ0n) is 20.7. The number of alkyl halides is 3. The number of carbonyl (C=O) groups is 2. The molecule has 4 rings (SSSR count). The molecular weight excluding hydrogens is 503 g/mol. The number of ether oxygens (including phenoxy) is 2. The quantitative estimate of drug-likeness (QED) is 0.415. The van der Waals surface area contributed by atoms with E-state index in [-0.39, 0.29) is 37.6 Å². The van der Waals surface area contributed by atoms with Gasteiger partial charge in [-0.2, -0.15) is 13.2 Å². The van der Waals surface area contributed by atoms with E-state index in [1.165, 1.54) is 24.4 Å². The van der Waals surface area contributed by atoms with Crippen molar-refractivity contribution in [1.29, 1.82) is 0 Å². The van der Waals surface area contributed by atoms with Gasteiger partial charge in [-0.15, -0.1) is 0 Å². The molecule has 1 aliphatic rings. The zero-order chi connectivity index (χ0) is 27.3. The van der Waals surface area contributed by atoms with Crippen LogP contribution in [0.4, 0.5) is 29.3 Å². The number of hydrogen-bond donors (Lipinski definition) is 3. The van der Waals surface area contributed by atoms with E-state index in [1.54, 1.807) is 38.1 Å². The van der Waals surface area contributed by atoms with Crippen molar-refractivity contribution in [2.75, 3.05) is 18.5 Å². The Labute approximate surface area is 216 Å². The average Bonchev–Trinajstić information content (AvgIpc) is 3.34. The summed E-state index contributed by atoms with van der Waals surface area (Å²) >= 11 is 0. The number of carbonyl (C=O) groups excluding carboxylic acids is 2. The molecule has 1 aromatic heterocycles. The van der Waals surface area contributed by atoms with Crippen molar-refractivity contribution in [2.45, 2.75) is 38.5 Å². The number of para-hydroxylation sites is 1. The molecule has 0 unspecified atom stereocenters. The molecule has 200 valence electrons. The Morgan fingerprint density at radius 2 is 1.84 bits per heavy atom. The highest BCUT2D eigenvalue weighted by molar-refractivity contribution is 5.90. The van der Waals surface area contributed by atoms with E-state index >= 15 is 0 Å². The van der Waals surface area contributed by atoms with Crippen LogP contribution in [0.2, 0.25) is 0 Å². The maximum Gasteiger partial charge on any atom is 0.418 e. The molecule has 3 N–H and O–H groups in total. The fourth-order valence-electron chi connectivity index (χ4n) is 3.94. The van der Waals surface area contributed by atoms with Gasteiger partial charge in [0, 0.05) is 25.3 Å². The molecule has 2 aromatic carbocycles. The lowest BCUT2D eigenvalue weighted by atomic mass is 9.97. The van der Waals surface area contributed by atoms with Gasteiger partial charge in [-0.1, -0.05) is 24.3 Å². The maximum absolute atomic E-state index is 13.2. The largest absolute Gasteiger partial charge is 0.418 e. The standard InChI is InChI=1S/C26H26F3N5O4/c1-16-22(14-30-17(2)32-16)38-24(36)34-25(11-12-37-15-25)23(35)31-13-18-7-9-19(10-8-18)33-21-6-4-3-5-20(21)26(27,28)29/h3-10,14,33H,11-13,15H2,1-2H3,(H,31,35)(H,34,36)/t25-/m0/s1. The molecule has 0 saturated carbocycles. The van der Waals surface area contributed by atoms with Gasteiger partial charge in [-0.25, -0.2) is 14.8 Å². The van der Waals surface area contributed by atoms with Crippen molar-refractivity contribution in [3.8, 4) is 5.75 Å². The molecule has 0 spiro atoms. The van der Waals surface area contributed by atoms with E-state index in [0.717, 1.165) is 6.07 Å². The lowest BCUT2D eigenvalue weighted by Crippen LogP contribution is -2.59. The first-order valence-electron chi connectivity index (χ1n) is 11.7. The highest BCUT2D eigenvalue weighted by Gasteiger charge is 2.44. The Morgan fingerprint density at radius 1 is 1.11 bits per heavy atom. The number of anilines is 2. The lowest BCUT2D eigenvalue weighted by Gasteiger charge is -2.27. The smallest absolute Gasteiger partial charge is 0.407 e. The molecule has 0 radical (unpaired) electrons. The molecule has 1 atom stereocenters. The van der Waals surface area contributed by atoms with E-state index in [9.17, 15) is 22.8 Å². The average molecular weight is 530 g/mol. The number of amides is 2. The molecular formula is C26H26F3N5O4. The fraction of sp³-hybridized carbons (Fsp3) is 0.308. The summed E-state index contributed by atoms with van der Waals surface area (Å²) in [4.78, 5) is 33.8. The van der Waals surface area contributed by atoms with Crippen LogP contribution in [0.1, 0.15) is 29.1 Å². The maximum atomic E-state index is 13.2. The van der Waals surface area contributed by atoms with Crippen molar-refractivity contribution >= 4 is 23.4 Å². The second-order valence-electron chi connectivity index (χ2n) is 8.81. The van der Waals surface area contributed by atoms with Gasteiger partial charge in [0.05, 0.1) is 29.7 Å². The van der Waals surface area contributed by atoms with Crippen LogP contribution < -0.4 is 20.7 Å². The molecule has 0 bridgehead atoms. The molecule has 3 aromatic rings. The van der Waals surface area contributed by atoms with Crippen molar-refractivity contribution in [1.82, 2.24) is 20.6 Å². The summed E-state index contributed by atoms with van der Waals surface area (Å²) in [5.74, 6) is 0.254. The second kappa shape index (κ2) is 11.1. The van der Waals surface area contributed by atoms with Crippen LogP contribution in [0.15, 0.2) is 54.7 Å². The van der Waals surface area contributed by atoms with Crippen LogP contribution in [0, 0.1) is 13.8 Å². The molecule has 1 saturated heterocycles. The van der Waals surface area contributed by atoms with Gasteiger partial charge in [-0.3, -0.25) is 4.79 Å². The molecule has 0 aliphatic carbocycles. The Hall–Kier alpha value is -4.19. The summed E-state index contributed by atoms with van der Waals surface area (Å²) in [5.41, 5.74) is -0.506. The third-order valence-corrected chi connectivity index (χ3v) is 5.97. The molecule has 2 heterocycles. The van der Waals surface area contributed by atoms with Gasteiger partial charge in [-0.05, 0) is 43.7 Å². The normalized spacial score (nSPS) is 17.1. The molecule has 2 amide bonds. The van der Waals surface area contributed by atoms with Crippen molar-refractivity contribution in [3.05, 3.63) is 77.4 Å².